The Morgan fingerprint density at radius 3 is 2.65 bits per heavy atom. The van der Waals surface area contributed by atoms with E-state index in [-0.39, 0.29) is 17.0 Å². The highest BCUT2D eigenvalue weighted by molar-refractivity contribution is 9.10. The third kappa shape index (κ3) is 3.63. The summed E-state index contributed by atoms with van der Waals surface area (Å²) in [6.45, 7) is 0.353. The normalized spacial score (nSPS) is 10.7. The number of carbonyl (C=O) groups is 1. The largest absolute Gasteiger partial charge is 0.438 e. The van der Waals surface area contributed by atoms with E-state index in [1.54, 1.807) is 24.3 Å². The summed E-state index contributed by atoms with van der Waals surface area (Å²) in [6.07, 6.45) is 0. The lowest BCUT2D eigenvalue weighted by Gasteiger charge is -2.07. The van der Waals surface area contributed by atoms with Crippen LogP contribution in [-0.4, -0.2) is 5.91 Å². The van der Waals surface area contributed by atoms with Crippen LogP contribution in [-0.2, 0) is 6.54 Å². The Balaban J connectivity index is 1.84. The molecule has 23 heavy (non-hydrogen) atoms. The molecule has 0 saturated heterocycles. The minimum absolute atomic E-state index is 0.159. The Labute approximate surface area is 145 Å². The number of halogens is 2. The summed E-state index contributed by atoms with van der Waals surface area (Å²) in [7, 11) is 0. The van der Waals surface area contributed by atoms with Crippen LogP contribution >= 0.6 is 27.5 Å². The molecular formula is C17H12BrClN2O2. The summed E-state index contributed by atoms with van der Waals surface area (Å²) in [6, 6.07) is 14.3. The number of rotatable bonds is 3. The number of benzene rings is 2. The number of fused-ring (bicyclic) bond motifs is 1. The molecule has 0 radical (unpaired) electrons. The summed E-state index contributed by atoms with van der Waals surface area (Å²) < 4.78 is 6.28. The van der Waals surface area contributed by atoms with Crippen LogP contribution in [0.2, 0.25) is 5.02 Å². The number of hydrogen-bond donors (Lipinski definition) is 2. The first-order valence-corrected chi connectivity index (χ1v) is 8.01. The molecule has 2 N–H and O–H groups in total. The first-order valence-electron chi connectivity index (χ1n) is 6.83. The molecule has 0 atom stereocenters. The fourth-order valence-corrected chi connectivity index (χ4v) is 2.66. The highest BCUT2D eigenvalue weighted by Crippen LogP contribution is 2.19. The summed E-state index contributed by atoms with van der Waals surface area (Å²) in [5.74, 6) is -0.351. The van der Waals surface area contributed by atoms with Gasteiger partial charge in [-0.25, -0.2) is 0 Å². The van der Waals surface area contributed by atoms with Gasteiger partial charge in [-0.2, -0.15) is 0 Å². The van der Waals surface area contributed by atoms with Crippen LogP contribution in [0.5, 0.6) is 0 Å². The fourth-order valence-electron chi connectivity index (χ4n) is 2.16. The predicted molar refractivity (Wildman–Crippen MR) is 92.4 cm³/mol. The van der Waals surface area contributed by atoms with Crippen LogP contribution in [0.1, 0.15) is 15.9 Å². The maximum absolute atomic E-state index is 12.3. The quantitative estimate of drug-likeness (QED) is 0.700. The van der Waals surface area contributed by atoms with Crippen molar-refractivity contribution in [3.05, 3.63) is 74.7 Å². The van der Waals surface area contributed by atoms with Crippen LogP contribution in [0.3, 0.4) is 0 Å². The van der Waals surface area contributed by atoms with Gasteiger partial charge in [-0.15, -0.1) is 0 Å². The smallest absolute Gasteiger partial charge is 0.257 e. The van der Waals surface area contributed by atoms with E-state index in [9.17, 15) is 4.79 Å². The van der Waals surface area contributed by atoms with Gasteiger partial charge in [-0.1, -0.05) is 39.7 Å². The molecule has 0 aliphatic heterocycles. The van der Waals surface area contributed by atoms with E-state index >= 15 is 0 Å². The fraction of sp³-hybridized carbons (Fsp3) is 0.0588. The maximum Gasteiger partial charge on any atom is 0.257 e. The van der Waals surface area contributed by atoms with Crippen molar-refractivity contribution in [1.82, 2.24) is 5.32 Å². The molecule has 1 aromatic heterocycles. The lowest BCUT2D eigenvalue weighted by atomic mass is 10.1. The predicted octanol–water partition coefficient (Wildman–Crippen LogP) is 4.26. The van der Waals surface area contributed by atoms with Gasteiger partial charge >= 0.3 is 0 Å². The van der Waals surface area contributed by atoms with Gasteiger partial charge < -0.3 is 9.73 Å². The Morgan fingerprint density at radius 1 is 1.17 bits per heavy atom. The lowest BCUT2D eigenvalue weighted by Crippen LogP contribution is -2.27. The SMILES string of the molecule is N=c1oc2ccc(Br)cc2cc1C(=O)NCc1ccc(Cl)cc1. The molecule has 3 aromatic rings. The van der Waals surface area contributed by atoms with Gasteiger partial charge in [0.15, 0.2) is 0 Å². The third-order valence-electron chi connectivity index (χ3n) is 3.34. The van der Waals surface area contributed by atoms with Crippen molar-refractivity contribution in [1.29, 1.82) is 5.41 Å². The van der Waals surface area contributed by atoms with Crippen molar-refractivity contribution in [3.8, 4) is 0 Å². The average molecular weight is 392 g/mol. The van der Waals surface area contributed by atoms with Crippen LogP contribution in [0.25, 0.3) is 11.0 Å². The molecule has 0 spiro atoms. The summed E-state index contributed by atoms with van der Waals surface area (Å²) >= 11 is 9.21. The van der Waals surface area contributed by atoms with Gasteiger partial charge in [0, 0.05) is 21.4 Å². The van der Waals surface area contributed by atoms with Crippen LogP contribution < -0.4 is 10.9 Å². The zero-order valence-corrected chi connectivity index (χ0v) is 14.2. The Morgan fingerprint density at radius 2 is 1.91 bits per heavy atom. The van der Waals surface area contributed by atoms with E-state index in [2.05, 4.69) is 21.2 Å². The van der Waals surface area contributed by atoms with Crippen molar-refractivity contribution in [3.63, 3.8) is 0 Å². The van der Waals surface area contributed by atoms with Gasteiger partial charge in [0.25, 0.3) is 5.91 Å². The lowest BCUT2D eigenvalue weighted by molar-refractivity contribution is 0.0946. The standard InChI is InChI=1S/C17H12BrClN2O2/c18-12-3-6-15-11(7-12)8-14(16(20)23-15)17(22)21-9-10-1-4-13(19)5-2-10/h1-8,20H,9H2,(H,21,22). The molecule has 0 fully saturated rings. The molecule has 0 aliphatic carbocycles. The van der Waals surface area contributed by atoms with Crippen molar-refractivity contribution in [2.45, 2.75) is 6.54 Å². The zero-order chi connectivity index (χ0) is 16.4. The second kappa shape index (κ2) is 6.56. The van der Waals surface area contributed by atoms with Crippen LogP contribution in [0.4, 0.5) is 0 Å². The van der Waals surface area contributed by atoms with E-state index in [1.807, 2.05) is 24.3 Å². The molecule has 0 saturated carbocycles. The van der Waals surface area contributed by atoms with E-state index in [4.69, 9.17) is 21.4 Å². The van der Waals surface area contributed by atoms with Gasteiger partial charge in [0.05, 0.1) is 0 Å². The Kier molecular flexibility index (Phi) is 4.50. The minimum atomic E-state index is -0.351. The minimum Gasteiger partial charge on any atom is -0.438 e. The van der Waals surface area contributed by atoms with E-state index in [0.717, 1.165) is 15.4 Å². The van der Waals surface area contributed by atoms with Crippen LogP contribution in [0.15, 0.2) is 57.4 Å². The molecule has 0 bridgehead atoms. The van der Waals surface area contributed by atoms with Gasteiger partial charge in [-0.3, -0.25) is 10.2 Å². The highest BCUT2D eigenvalue weighted by Gasteiger charge is 2.11. The number of hydrogen-bond acceptors (Lipinski definition) is 3. The van der Waals surface area contributed by atoms with E-state index in [0.29, 0.717) is 17.2 Å². The molecule has 1 amide bonds. The topological polar surface area (TPSA) is 66.1 Å². The molecule has 116 valence electrons. The van der Waals surface area contributed by atoms with Gasteiger partial charge in [-0.05, 0) is 42.0 Å². The molecule has 2 aromatic carbocycles. The first-order chi connectivity index (χ1) is 11.0. The van der Waals surface area contributed by atoms with Crippen molar-refractivity contribution >= 4 is 44.4 Å². The second-order valence-corrected chi connectivity index (χ2v) is 6.33. The van der Waals surface area contributed by atoms with E-state index < -0.39 is 0 Å². The second-order valence-electron chi connectivity index (χ2n) is 4.98. The molecule has 3 rings (SSSR count). The molecule has 1 heterocycles. The summed E-state index contributed by atoms with van der Waals surface area (Å²) in [4.78, 5) is 12.3. The number of carbonyl (C=O) groups excluding carboxylic acids is 1. The van der Waals surface area contributed by atoms with Crippen LogP contribution in [0, 0.1) is 5.41 Å². The molecule has 6 heteroatoms. The molecule has 4 nitrogen and oxygen atoms in total. The molecule has 0 aliphatic rings. The Hall–Kier alpha value is -2.11. The van der Waals surface area contributed by atoms with Gasteiger partial charge in [0.2, 0.25) is 5.55 Å². The van der Waals surface area contributed by atoms with Crippen molar-refractivity contribution in [2.75, 3.05) is 0 Å². The number of nitrogens with one attached hydrogen (secondary N) is 2. The van der Waals surface area contributed by atoms with Crippen molar-refractivity contribution in [2.24, 2.45) is 0 Å². The summed E-state index contributed by atoms with van der Waals surface area (Å²) in [5, 5.41) is 12.1. The van der Waals surface area contributed by atoms with Crippen molar-refractivity contribution < 1.29 is 9.21 Å². The van der Waals surface area contributed by atoms with E-state index in [1.165, 1.54) is 0 Å². The number of amides is 1. The average Bonchev–Trinajstić information content (AvgIpc) is 2.54. The zero-order valence-electron chi connectivity index (χ0n) is 11.9. The summed E-state index contributed by atoms with van der Waals surface area (Å²) in [5.41, 5.74) is 1.53. The Bertz CT molecular complexity index is 935. The maximum atomic E-state index is 12.3. The monoisotopic (exact) mass is 390 g/mol. The van der Waals surface area contributed by atoms with Gasteiger partial charge in [0.1, 0.15) is 11.1 Å². The highest BCUT2D eigenvalue weighted by atomic mass is 79.9. The molecular weight excluding hydrogens is 380 g/mol. The molecule has 0 unspecified atom stereocenters. The first kappa shape index (κ1) is 15.8. The third-order valence-corrected chi connectivity index (χ3v) is 4.08.